The van der Waals surface area contributed by atoms with E-state index in [4.69, 9.17) is 45.3 Å². The van der Waals surface area contributed by atoms with E-state index in [2.05, 4.69) is 59.3 Å². The fourth-order valence-electron chi connectivity index (χ4n) is 7.91. The summed E-state index contributed by atoms with van der Waals surface area (Å²) < 4.78 is 140. The van der Waals surface area contributed by atoms with E-state index < -0.39 is 124 Å². The molecule has 0 fully saturated rings. The van der Waals surface area contributed by atoms with Crippen molar-refractivity contribution < 1.29 is 111 Å². The number of esters is 1. The summed E-state index contributed by atoms with van der Waals surface area (Å²) >= 11 is 6.02. The number of anilines is 3. The summed E-state index contributed by atoms with van der Waals surface area (Å²) in [5.74, 6) is -4.29. The number of aromatic nitrogens is 6. The number of imide groups is 1. The van der Waals surface area contributed by atoms with Gasteiger partial charge in [0.1, 0.15) is 25.0 Å². The standard InChI is InChI=1S/C21H23ClFNO5.C15H16F3N5O4S.C15H18N6O6S.C3H8NO5P.C3H9S/c1-2-3-6-9-28-19(25)12-29-18-11-17(16(23)10-15(18)22)24-20(26)13-7-4-5-8-14(13)21(24)27;1-9-19-12(22-14(20-9)27-2)21-13(24)23-28(25,26)11-6-4-3-5-10(11)7-8-15(16,17)18;1-21(2)13(22)9-6-5-7-16-12(9)28(24,25)20-15(23)19-14-17-10(26-3)8-11(18-14)27-4;5-3(6)1-4-2-10(7,8)9;1-4(2)3/h10-11H,2-9,12H2,1H3;3-6H,7-8H2,1-2H3,(H2,19,20,21,22,23,24);5-8H,1-4H3,(H2,17,18,19,20,23);4H,1-2H2,(H,5,6)(H2,7,8,9);1-3H3/q;;;;+1/p-1. The largest absolute Gasteiger partial charge is 0.778 e. The summed E-state index contributed by atoms with van der Waals surface area (Å²) in [5.41, 5.74) is 0.414. The van der Waals surface area contributed by atoms with Gasteiger partial charge >= 0.3 is 36.2 Å². The molecular weight excluding hydrogens is 1430 g/mol. The maximum atomic E-state index is 14.5. The number of urea groups is 2. The second kappa shape index (κ2) is 39.6. The van der Waals surface area contributed by atoms with Gasteiger partial charge < -0.3 is 48.0 Å². The number of hydrogen-bond acceptors (Lipinski definition) is 25. The number of carbonyl (C=O) groups is 7. The van der Waals surface area contributed by atoms with Gasteiger partial charge in [-0.05, 0) is 86.2 Å². The minimum Gasteiger partial charge on any atom is -0.778 e. The van der Waals surface area contributed by atoms with E-state index in [1.165, 1.54) is 95.9 Å². The zero-order valence-corrected chi connectivity index (χ0v) is 58.9. The highest BCUT2D eigenvalue weighted by Gasteiger charge is 2.41. The molecule has 544 valence electrons. The van der Waals surface area contributed by atoms with Gasteiger partial charge in [-0.3, -0.25) is 35.1 Å². The number of nitrogens with one attached hydrogen (secondary N) is 5. The van der Waals surface area contributed by atoms with Crippen molar-refractivity contribution in [2.75, 3.05) is 95.8 Å². The summed E-state index contributed by atoms with van der Waals surface area (Å²) in [5, 5.41) is 13.6. The minimum absolute atomic E-state index is 0.000883. The third kappa shape index (κ3) is 29.2. The molecule has 7 rings (SSSR count). The number of carboxylic acid groups (broad SMARTS) is 1. The van der Waals surface area contributed by atoms with E-state index >= 15 is 0 Å². The molecule has 4 heterocycles. The van der Waals surface area contributed by atoms with Crippen LogP contribution in [-0.2, 0) is 65.8 Å². The Labute approximate surface area is 574 Å². The predicted molar refractivity (Wildman–Crippen MR) is 349 cm³/mol. The molecule has 5 aromatic rings. The Morgan fingerprint density at radius 2 is 1.38 bits per heavy atom. The number of carbonyl (C=O) groups excluding carboxylic acids is 6. The Morgan fingerprint density at radius 1 is 0.818 bits per heavy atom. The van der Waals surface area contributed by atoms with Gasteiger partial charge in [0.05, 0.1) is 86.8 Å². The van der Waals surface area contributed by atoms with Gasteiger partial charge in [0, 0.05) is 43.9 Å². The number of sulfonamides is 2. The molecular formula is C57H73ClF4N13O20PS3. The van der Waals surface area contributed by atoms with Crippen molar-refractivity contribution in [3.63, 3.8) is 0 Å². The molecule has 1 unspecified atom stereocenters. The molecule has 0 spiro atoms. The van der Waals surface area contributed by atoms with Gasteiger partial charge in [0.15, 0.2) is 11.6 Å². The Morgan fingerprint density at radius 3 is 1.91 bits per heavy atom. The number of aryl methyl sites for hydroxylation is 2. The zero-order chi connectivity index (χ0) is 74.6. The van der Waals surface area contributed by atoms with Gasteiger partial charge in [0.25, 0.3) is 37.8 Å². The number of halogens is 5. The lowest BCUT2D eigenvalue weighted by molar-refractivity contribution is -0.193. The number of benzene rings is 2. The van der Waals surface area contributed by atoms with Crippen molar-refractivity contribution in [3.05, 3.63) is 99.7 Å². The van der Waals surface area contributed by atoms with E-state index in [1.54, 1.807) is 9.44 Å². The Kier molecular flexibility index (Phi) is 33.7. The first-order chi connectivity index (χ1) is 46.3. The Bertz CT molecular complexity index is 3940. The highest BCUT2D eigenvalue weighted by atomic mass is 35.5. The third-order valence-corrected chi connectivity index (χ3v) is 15.7. The van der Waals surface area contributed by atoms with Crippen molar-refractivity contribution in [2.45, 2.75) is 87.7 Å². The van der Waals surface area contributed by atoms with Gasteiger partial charge in [-0.2, -0.15) is 46.5 Å². The normalized spacial score (nSPS) is 13.1. The fourth-order valence-corrected chi connectivity index (χ4v) is 10.7. The second-order valence-electron chi connectivity index (χ2n) is 20.8. The first-order valence-electron chi connectivity index (χ1n) is 28.8. The molecule has 0 bridgehead atoms. The highest BCUT2D eigenvalue weighted by Crippen LogP contribution is 2.40. The number of hydrogen-bond donors (Lipinski definition) is 7. The van der Waals surface area contributed by atoms with Crippen molar-refractivity contribution in [2.24, 2.45) is 0 Å². The van der Waals surface area contributed by atoms with Crippen molar-refractivity contribution in [1.29, 1.82) is 0 Å². The first kappa shape index (κ1) is 84.3. The summed E-state index contributed by atoms with van der Waals surface area (Å²) in [4.78, 5) is 126. The lowest BCUT2D eigenvalue weighted by Crippen LogP contribution is -2.36. The molecule has 7 N–H and O–H groups in total. The highest BCUT2D eigenvalue weighted by molar-refractivity contribution is 7.94. The molecule has 7 amide bonds. The topological polar surface area (TPSA) is 458 Å². The Balaban J connectivity index is 0.000000352. The minimum atomic E-state index is -4.46. The molecule has 0 saturated heterocycles. The van der Waals surface area contributed by atoms with Crippen LogP contribution in [0.3, 0.4) is 0 Å². The fraction of sp³-hybridized carbons (Fsp3) is 0.421. The smallest absolute Gasteiger partial charge is 0.389 e. The van der Waals surface area contributed by atoms with E-state index in [0.29, 0.717) is 41.5 Å². The van der Waals surface area contributed by atoms with E-state index in [-0.39, 0.29) is 63.1 Å². The molecule has 99 heavy (non-hydrogen) atoms. The van der Waals surface area contributed by atoms with Crippen LogP contribution < -0.4 is 54.1 Å². The summed E-state index contributed by atoms with van der Waals surface area (Å²) in [7, 11) is -5.70. The maximum absolute atomic E-state index is 14.5. The maximum Gasteiger partial charge on any atom is 0.389 e. The van der Waals surface area contributed by atoms with Crippen molar-refractivity contribution in [1.82, 2.24) is 49.6 Å². The number of aliphatic carboxylic acids is 1. The third-order valence-electron chi connectivity index (χ3n) is 12.1. The van der Waals surface area contributed by atoms with Crippen LogP contribution in [0.15, 0.2) is 81.9 Å². The number of carboxylic acids is 1. The molecule has 2 aliphatic rings. The predicted octanol–water partition coefficient (Wildman–Crippen LogP) is 5.29. The molecule has 0 radical (unpaired) electrons. The van der Waals surface area contributed by atoms with Crippen LogP contribution in [0.2, 0.25) is 5.02 Å². The number of alkyl halides is 3. The molecule has 1 atom stereocenters. The lowest BCUT2D eigenvalue weighted by atomic mass is 9.93. The zero-order valence-electron chi connectivity index (χ0n) is 54.8. The number of ether oxygens (including phenoxy) is 5. The van der Waals surface area contributed by atoms with Crippen molar-refractivity contribution in [3.8, 4) is 23.5 Å². The number of pyridine rings is 1. The quantitative estimate of drug-likeness (QED) is 0.0103. The number of amides is 7. The van der Waals surface area contributed by atoms with Crippen LogP contribution in [0.25, 0.3) is 0 Å². The Hall–Kier alpha value is -8.92. The second-order valence-corrected chi connectivity index (χ2v) is 28.5. The van der Waals surface area contributed by atoms with Crippen LogP contribution in [0.5, 0.6) is 23.5 Å². The first-order valence-corrected chi connectivity index (χ1v) is 36.4. The molecule has 2 aromatic carbocycles. The summed E-state index contributed by atoms with van der Waals surface area (Å²) in [6.07, 6.45) is 6.27. The molecule has 42 heteroatoms. The van der Waals surface area contributed by atoms with E-state index in [1.807, 2.05) is 12.2 Å². The van der Waals surface area contributed by atoms with Gasteiger partial charge in [-0.15, -0.1) is 0 Å². The van der Waals surface area contributed by atoms with Gasteiger partial charge in [-0.1, -0.05) is 49.6 Å². The van der Waals surface area contributed by atoms with Crippen LogP contribution in [0.4, 0.5) is 44.7 Å². The van der Waals surface area contributed by atoms with E-state index in [0.717, 1.165) is 49.1 Å². The average Bonchev–Trinajstić information content (AvgIpc) is 1.08. The number of nitrogens with zero attached hydrogens (tertiary/aromatic N) is 8. The molecule has 1 aliphatic carbocycles. The molecule has 3 aromatic heterocycles. The number of rotatable bonds is 24. The lowest BCUT2D eigenvalue weighted by Gasteiger charge is -2.18. The van der Waals surface area contributed by atoms with Crippen LogP contribution >= 0.6 is 19.2 Å². The number of unbranched alkanes of at least 4 members (excludes halogenated alkanes) is 2. The van der Waals surface area contributed by atoms with Gasteiger partial charge in [-0.25, -0.2) is 46.5 Å². The van der Waals surface area contributed by atoms with E-state index in [9.17, 15) is 77.4 Å². The molecule has 0 saturated carbocycles. The van der Waals surface area contributed by atoms with Gasteiger partial charge in [0.2, 0.25) is 23.7 Å². The van der Waals surface area contributed by atoms with Crippen LogP contribution in [0.1, 0.15) is 80.0 Å². The summed E-state index contributed by atoms with van der Waals surface area (Å²) in [6.45, 7) is 2.95. The summed E-state index contributed by atoms with van der Waals surface area (Å²) in [6, 6.07) is 8.86. The molecule has 1 aliphatic heterocycles. The monoisotopic (exact) mass is 1500 g/mol. The van der Waals surface area contributed by atoms with Crippen molar-refractivity contribution >= 4 is 109 Å². The average molecular weight is 1500 g/mol. The van der Waals surface area contributed by atoms with Crippen LogP contribution in [0, 0.1) is 12.7 Å². The van der Waals surface area contributed by atoms with Crippen LogP contribution in [-0.4, -0.2) is 190 Å². The number of methoxy groups -OCH3 is 3. The SMILES string of the molecule is CCCCCOC(=O)COc1cc(N2C(=O)C3=C(CCCC3)C2=O)c(F)cc1Cl.COc1cc(OC)nc(NC(=O)NS(=O)(=O)c2ncccc2C(=O)N(C)C)n1.COc1nc(C)nc(NC(=O)NS(=O)(=O)c2ccccc2CCC(F)(F)F)n1.C[S+](C)C.O=C(O)CNCP(=O)([O-])O. The molecule has 33 nitrogen and oxygen atoms in total.